The van der Waals surface area contributed by atoms with E-state index in [0.29, 0.717) is 6.54 Å². The van der Waals surface area contributed by atoms with Gasteiger partial charge in [-0.05, 0) is 24.3 Å². The van der Waals surface area contributed by atoms with Crippen LogP contribution in [0.2, 0.25) is 0 Å². The highest BCUT2D eigenvalue weighted by molar-refractivity contribution is 5.87. The highest BCUT2D eigenvalue weighted by atomic mass is 16.7. The van der Waals surface area contributed by atoms with Gasteiger partial charge in [0.25, 0.3) is 0 Å². The fourth-order valence-electron chi connectivity index (χ4n) is 1.43. The van der Waals surface area contributed by atoms with Gasteiger partial charge in [-0.25, -0.2) is 4.79 Å². The van der Waals surface area contributed by atoms with Crippen molar-refractivity contribution in [1.82, 2.24) is 0 Å². The number of hydrogen-bond donors (Lipinski definition) is 3. The highest BCUT2D eigenvalue weighted by Crippen LogP contribution is 2.14. The van der Waals surface area contributed by atoms with Crippen molar-refractivity contribution in [3.63, 3.8) is 0 Å². The van der Waals surface area contributed by atoms with Gasteiger partial charge in [-0.3, -0.25) is 0 Å². The number of rotatable bonds is 7. The Balaban J connectivity index is 2.65. The van der Waals surface area contributed by atoms with Crippen LogP contribution < -0.4 is 11.1 Å². The van der Waals surface area contributed by atoms with E-state index < -0.39 is 11.8 Å². The molecule has 18 heavy (non-hydrogen) atoms. The molecule has 6 heteroatoms. The number of nitrogens with two attached hydrogens (primary N) is 1. The Bertz CT molecular complexity index is 379. The van der Waals surface area contributed by atoms with E-state index in [4.69, 9.17) is 20.3 Å². The normalized spacial score (nSPS) is 11.3. The molecule has 0 radical (unpaired) electrons. The Morgan fingerprint density at radius 3 is 2.28 bits per heavy atom. The topological polar surface area (TPSA) is 93.8 Å². The molecule has 0 amide bonds. The van der Waals surface area contributed by atoms with E-state index >= 15 is 0 Å². The number of benzene rings is 1. The first-order chi connectivity index (χ1) is 8.56. The SMILES string of the molecule is COC(CN)(CNc1ccc(C(=O)O)cc1)OC. The summed E-state index contributed by atoms with van der Waals surface area (Å²) in [6.07, 6.45) is 0. The summed E-state index contributed by atoms with van der Waals surface area (Å²) in [5.74, 6) is -1.84. The van der Waals surface area contributed by atoms with E-state index in [1.54, 1.807) is 12.1 Å². The molecule has 0 heterocycles. The minimum absolute atomic E-state index is 0.209. The number of carbonyl (C=O) groups is 1. The number of ether oxygens (including phenoxy) is 2. The lowest BCUT2D eigenvalue weighted by molar-refractivity contribution is -0.188. The molecule has 0 saturated heterocycles. The molecule has 0 aliphatic heterocycles. The summed E-state index contributed by atoms with van der Waals surface area (Å²) in [6.45, 7) is 0.573. The molecule has 4 N–H and O–H groups in total. The second kappa shape index (κ2) is 6.34. The summed E-state index contributed by atoms with van der Waals surface area (Å²) in [5, 5.41) is 11.9. The summed E-state index contributed by atoms with van der Waals surface area (Å²) in [6, 6.07) is 6.40. The molecule has 0 unspecified atom stereocenters. The molecule has 0 saturated carbocycles. The first-order valence-electron chi connectivity index (χ1n) is 5.44. The minimum atomic E-state index is -0.952. The first-order valence-corrected chi connectivity index (χ1v) is 5.44. The lowest BCUT2D eigenvalue weighted by Crippen LogP contribution is -2.47. The van der Waals surface area contributed by atoms with Crippen molar-refractivity contribution in [3.8, 4) is 0 Å². The van der Waals surface area contributed by atoms with Gasteiger partial charge in [0.2, 0.25) is 0 Å². The molecule has 0 bridgehead atoms. The van der Waals surface area contributed by atoms with Gasteiger partial charge in [-0.2, -0.15) is 0 Å². The van der Waals surface area contributed by atoms with Crippen LogP contribution >= 0.6 is 0 Å². The average Bonchev–Trinajstić information content (AvgIpc) is 2.41. The molecule has 0 aliphatic carbocycles. The second-order valence-electron chi connectivity index (χ2n) is 3.76. The van der Waals surface area contributed by atoms with E-state index in [1.165, 1.54) is 26.4 Å². The van der Waals surface area contributed by atoms with Crippen LogP contribution in [0.15, 0.2) is 24.3 Å². The Hall–Kier alpha value is -1.63. The Morgan fingerprint density at radius 1 is 1.33 bits per heavy atom. The maximum absolute atomic E-state index is 10.7. The lowest BCUT2D eigenvalue weighted by Gasteiger charge is -2.29. The molecule has 1 rings (SSSR count). The van der Waals surface area contributed by atoms with Crippen molar-refractivity contribution in [2.24, 2.45) is 5.73 Å². The van der Waals surface area contributed by atoms with Crippen molar-refractivity contribution < 1.29 is 19.4 Å². The van der Waals surface area contributed by atoms with Gasteiger partial charge in [0.15, 0.2) is 5.79 Å². The fourth-order valence-corrected chi connectivity index (χ4v) is 1.43. The monoisotopic (exact) mass is 254 g/mol. The average molecular weight is 254 g/mol. The maximum Gasteiger partial charge on any atom is 0.335 e. The van der Waals surface area contributed by atoms with Crippen LogP contribution in [0.5, 0.6) is 0 Å². The molecule has 0 fully saturated rings. The van der Waals surface area contributed by atoms with Crippen LogP contribution in [0.4, 0.5) is 5.69 Å². The van der Waals surface area contributed by atoms with Crippen molar-refractivity contribution in [2.45, 2.75) is 5.79 Å². The van der Waals surface area contributed by atoms with E-state index in [9.17, 15) is 4.79 Å². The third-order valence-electron chi connectivity index (χ3n) is 2.75. The third kappa shape index (κ3) is 3.43. The molecule has 0 atom stereocenters. The van der Waals surface area contributed by atoms with Crippen LogP contribution in [0.3, 0.4) is 0 Å². The zero-order chi connectivity index (χ0) is 13.6. The van der Waals surface area contributed by atoms with Crippen LogP contribution in [-0.4, -0.2) is 44.2 Å². The molecule has 0 aliphatic rings. The van der Waals surface area contributed by atoms with Crippen LogP contribution in [0, 0.1) is 0 Å². The van der Waals surface area contributed by atoms with Crippen molar-refractivity contribution in [2.75, 3.05) is 32.6 Å². The smallest absolute Gasteiger partial charge is 0.335 e. The predicted molar refractivity (Wildman–Crippen MR) is 67.7 cm³/mol. The van der Waals surface area contributed by atoms with Gasteiger partial charge in [0.1, 0.15) is 0 Å². The number of carboxylic acid groups (broad SMARTS) is 1. The van der Waals surface area contributed by atoms with Crippen LogP contribution in [0.25, 0.3) is 0 Å². The number of nitrogens with one attached hydrogen (secondary N) is 1. The fraction of sp³-hybridized carbons (Fsp3) is 0.417. The van der Waals surface area contributed by atoms with E-state index in [-0.39, 0.29) is 12.1 Å². The van der Waals surface area contributed by atoms with E-state index in [1.807, 2.05) is 0 Å². The summed E-state index contributed by atoms with van der Waals surface area (Å²) < 4.78 is 10.4. The minimum Gasteiger partial charge on any atom is -0.478 e. The summed E-state index contributed by atoms with van der Waals surface area (Å²) >= 11 is 0. The first kappa shape index (κ1) is 14.4. The Kier molecular flexibility index (Phi) is 5.08. The van der Waals surface area contributed by atoms with E-state index in [0.717, 1.165) is 5.69 Å². The zero-order valence-corrected chi connectivity index (χ0v) is 10.5. The van der Waals surface area contributed by atoms with Gasteiger partial charge >= 0.3 is 5.97 Å². The second-order valence-corrected chi connectivity index (χ2v) is 3.76. The highest BCUT2D eigenvalue weighted by Gasteiger charge is 2.27. The molecule has 0 aromatic heterocycles. The molecule has 6 nitrogen and oxygen atoms in total. The van der Waals surface area contributed by atoms with Crippen molar-refractivity contribution >= 4 is 11.7 Å². The van der Waals surface area contributed by atoms with Gasteiger partial charge in [0, 0.05) is 26.5 Å². The Morgan fingerprint density at radius 2 is 1.89 bits per heavy atom. The van der Waals surface area contributed by atoms with Crippen LogP contribution in [-0.2, 0) is 9.47 Å². The number of aromatic carboxylic acids is 1. The molecular weight excluding hydrogens is 236 g/mol. The van der Waals surface area contributed by atoms with Crippen molar-refractivity contribution in [1.29, 1.82) is 0 Å². The van der Waals surface area contributed by atoms with E-state index in [2.05, 4.69) is 5.32 Å². The van der Waals surface area contributed by atoms with Gasteiger partial charge in [-0.15, -0.1) is 0 Å². The number of anilines is 1. The molecular formula is C12H18N2O4. The van der Waals surface area contributed by atoms with Crippen LogP contribution in [0.1, 0.15) is 10.4 Å². The summed E-state index contributed by atoms with van der Waals surface area (Å²) in [5.41, 5.74) is 6.60. The third-order valence-corrected chi connectivity index (χ3v) is 2.75. The quantitative estimate of drug-likeness (QED) is 0.621. The van der Waals surface area contributed by atoms with Gasteiger partial charge in [-0.1, -0.05) is 0 Å². The summed E-state index contributed by atoms with van der Waals surface area (Å²) in [4.78, 5) is 10.7. The lowest BCUT2D eigenvalue weighted by atomic mass is 10.2. The standard InChI is InChI=1S/C12H18N2O4/c1-17-12(7-13,18-2)8-14-10-5-3-9(4-6-10)11(15)16/h3-6,14H,7-8,13H2,1-2H3,(H,15,16). The number of carboxylic acids is 1. The number of hydrogen-bond acceptors (Lipinski definition) is 5. The zero-order valence-electron chi connectivity index (χ0n) is 10.5. The van der Waals surface area contributed by atoms with Gasteiger partial charge < -0.3 is 25.6 Å². The molecule has 100 valence electrons. The predicted octanol–water partition coefficient (Wildman–Crippen LogP) is 0.744. The van der Waals surface area contributed by atoms with Crippen molar-refractivity contribution in [3.05, 3.63) is 29.8 Å². The Labute approximate surface area is 106 Å². The number of methoxy groups -OCH3 is 2. The molecule has 0 spiro atoms. The maximum atomic E-state index is 10.7. The van der Waals surface area contributed by atoms with Gasteiger partial charge in [0.05, 0.1) is 12.1 Å². The largest absolute Gasteiger partial charge is 0.478 e. The molecule has 1 aromatic rings. The molecule has 1 aromatic carbocycles. The summed E-state index contributed by atoms with van der Waals surface area (Å²) in [7, 11) is 3.04.